The van der Waals surface area contributed by atoms with Crippen LogP contribution in [0.4, 0.5) is 0 Å². The molecule has 1 fully saturated rings. The molecule has 2 heterocycles. The number of hydrogen-bond donors (Lipinski definition) is 1. The molecule has 2 aliphatic heterocycles. The van der Waals surface area contributed by atoms with E-state index in [1.165, 1.54) is 11.8 Å². The average molecular weight is 295 g/mol. The van der Waals surface area contributed by atoms with Crippen molar-refractivity contribution in [2.24, 2.45) is 0 Å². The van der Waals surface area contributed by atoms with E-state index in [0.29, 0.717) is 26.5 Å². The molecule has 19 heavy (non-hydrogen) atoms. The molecule has 5 nitrogen and oxygen atoms in total. The molecule has 7 heteroatoms. The Morgan fingerprint density at radius 3 is 2.79 bits per heavy atom. The Hall–Kier alpha value is -1.73. The summed E-state index contributed by atoms with van der Waals surface area (Å²) in [6.07, 6.45) is 1.72. The lowest BCUT2D eigenvalue weighted by atomic mass is 10.1. The van der Waals surface area contributed by atoms with E-state index in [0.717, 1.165) is 5.56 Å². The van der Waals surface area contributed by atoms with Crippen LogP contribution in [0.2, 0.25) is 0 Å². The van der Waals surface area contributed by atoms with E-state index in [1.54, 1.807) is 25.3 Å². The van der Waals surface area contributed by atoms with Crippen LogP contribution < -0.4 is 19.5 Å². The molecule has 0 aliphatic carbocycles. The first-order chi connectivity index (χ1) is 9.17. The van der Waals surface area contributed by atoms with Crippen molar-refractivity contribution in [3.63, 3.8) is 0 Å². The van der Waals surface area contributed by atoms with Crippen molar-refractivity contribution in [1.82, 2.24) is 5.32 Å². The summed E-state index contributed by atoms with van der Waals surface area (Å²) in [5.74, 6) is 1.69. The molecule has 1 aromatic rings. The van der Waals surface area contributed by atoms with Gasteiger partial charge in [-0.05, 0) is 12.1 Å². The smallest absolute Gasteiger partial charge is 0.263 e. The second-order valence-corrected chi connectivity index (χ2v) is 5.52. The minimum absolute atomic E-state index is 0.192. The summed E-state index contributed by atoms with van der Waals surface area (Å²) in [6, 6.07) is 3.52. The summed E-state index contributed by atoms with van der Waals surface area (Å²) in [7, 11) is 1.56. The van der Waals surface area contributed by atoms with E-state index >= 15 is 0 Å². The van der Waals surface area contributed by atoms with Gasteiger partial charge in [0.25, 0.3) is 5.91 Å². The third-order valence-corrected chi connectivity index (χ3v) is 3.82. The van der Waals surface area contributed by atoms with Gasteiger partial charge in [0, 0.05) is 11.6 Å². The second-order valence-electron chi connectivity index (χ2n) is 3.80. The van der Waals surface area contributed by atoms with E-state index < -0.39 is 0 Å². The first-order valence-corrected chi connectivity index (χ1v) is 6.62. The number of methoxy groups -OCH3 is 1. The summed E-state index contributed by atoms with van der Waals surface area (Å²) in [6.45, 7) is 0.192. The number of rotatable bonds is 2. The number of carbonyl (C=O) groups excluding carboxylic acids is 1. The van der Waals surface area contributed by atoms with Crippen molar-refractivity contribution in [3.05, 3.63) is 22.6 Å². The molecule has 1 N–H and O–H groups in total. The Bertz CT molecular complexity index is 612. The first kappa shape index (κ1) is 12.3. The van der Waals surface area contributed by atoms with Crippen molar-refractivity contribution in [2.75, 3.05) is 13.9 Å². The molecule has 0 bridgehead atoms. The lowest BCUT2D eigenvalue weighted by Crippen LogP contribution is -2.17. The van der Waals surface area contributed by atoms with Crippen LogP contribution in [0.5, 0.6) is 17.2 Å². The molecule has 1 aromatic carbocycles. The van der Waals surface area contributed by atoms with Crippen LogP contribution in [0.3, 0.4) is 0 Å². The predicted octanol–water partition coefficient (Wildman–Crippen LogP) is 1.91. The quantitative estimate of drug-likeness (QED) is 0.664. The van der Waals surface area contributed by atoms with Crippen LogP contribution >= 0.6 is 24.0 Å². The highest BCUT2D eigenvalue weighted by Gasteiger charge is 2.24. The molecular formula is C12H9NO4S2. The summed E-state index contributed by atoms with van der Waals surface area (Å²) in [5, 5.41) is 2.57. The molecule has 1 amide bonds. The maximum atomic E-state index is 11.6. The molecule has 2 aliphatic rings. The predicted molar refractivity (Wildman–Crippen MR) is 75.4 cm³/mol. The van der Waals surface area contributed by atoms with Crippen molar-refractivity contribution < 1.29 is 19.0 Å². The zero-order valence-corrected chi connectivity index (χ0v) is 11.5. The van der Waals surface area contributed by atoms with Gasteiger partial charge in [0.1, 0.15) is 10.1 Å². The molecular weight excluding hydrogens is 286 g/mol. The van der Waals surface area contributed by atoms with Gasteiger partial charge < -0.3 is 19.5 Å². The minimum atomic E-state index is -0.199. The summed E-state index contributed by atoms with van der Waals surface area (Å²) in [5.41, 5.74) is 0.745. The average Bonchev–Trinajstić information content (AvgIpc) is 2.95. The van der Waals surface area contributed by atoms with E-state index in [4.69, 9.17) is 26.4 Å². The molecule has 3 rings (SSSR count). The minimum Gasteiger partial charge on any atom is -0.496 e. The van der Waals surface area contributed by atoms with Crippen LogP contribution in [-0.2, 0) is 4.79 Å². The number of benzene rings is 1. The lowest BCUT2D eigenvalue weighted by molar-refractivity contribution is -0.115. The topological polar surface area (TPSA) is 56.8 Å². The molecule has 1 saturated heterocycles. The van der Waals surface area contributed by atoms with Gasteiger partial charge in [0.15, 0.2) is 11.5 Å². The fraction of sp³-hybridized carbons (Fsp3) is 0.167. The number of ether oxygens (including phenoxy) is 3. The summed E-state index contributed by atoms with van der Waals surface area (Å²) >= 11 is 6.17. The summed E-state index contributed by atoms with van der Waals surface area (Å²) < 4.78 is 16.3. The lowest BCUT2D eigenvalue weighted by Gasteiger charge is -2.06. The van der Waals surface area contributed by atoms with Gasteiger partial charge >= 0.3 is 0 Å². The van der Waals surface area contributed by atoms with E-state index in [-0.39, 0.29) is 12.7 Å². The Morgan fingerprint density at radius 2 is 2.16 bits per heavy atom. The molecule has 0 saturated carbocycles. The molecule has 0 radical (unpaired) electrons. The zero-order chi connectivity index (χ0) is 13.4. The maximum Gasteiger partial charge on any atom is 0.263 e. The Kier molecular flexibility index (Phi) is 3.08. The highest BCUT2D eigenvalue weighted by Crippen LogP contribution is 2.39. The van der Waals surface area contributed by atoms with Crippen LogP contribution in [0.15, 0.2) is 17.0 Å². The molecule has 0 atom stereocenters. The number of nitrogens with one attached hydrogen (secondary N) is 1. The maximum absolute atomic E-state index is 11.6. The third-order valence-electron chi connectivity index (χ3n) is 2.65. The molecule has 0 spiro atoms. The van der Waals surface area contributed by atoms with E-state index in [1.807, 2.05) is 0 Å². The van der Waals surface area contributed by atoms with Gasteiger partial charge in [-0.15, -0.1) is 0 Å². The number of hydrogen-bond acceptors (Lipinski definition) is 6. The number of thioether (sulfide) groups is 1. The Labute approximate surface area is 118 Å². The Balaban J connectivity index is 2.03. The van der Waals surface area contributed by atoms with Crippen molar-refractivity contribution in [2.45, 2.75) is 0 Å². The Morgan fingerprint density at radius 1 is 1.42 bits per heavy atom. The molecule has 0 aromatic heterocycles. The van der Waals surface area contributed by atoms with Crippen molar-refractivity contribution in [3.8, 4) is 17.2 Å². The number of amides is 1. The standard InChI is InChI=1S/C12H9NO4S2/c1-15-7-4-9-8(16-5-17-9)2-6(7)3-10-11(14)13-12(18)19-10/h2-4H,5H2,1H3,(H,13,14,18). The molecule has 98 valence electrons. The van der Waals surface area contributed by atoms with E-state index in [2.05, 4.69) is 5.32 Å². The van der Waals surface area contributed by atoms with Crippen LogP contribution in [0.25, 0.3) is 6.08 Å². The van der Waals surface area contributed by atoms with E-state index in [9.17, 15) is 4.79 Å². The largest absolute Gasteiger partial charge is 0.496 e. The van der Waals surface area contributed by atoms with Gasteiger partial charge in [-0.25, -0.2) is 0 Å². The fourth-order valence-electron chi connectivity index (χ4n) is 1.79. The van der Waals surface area contributed by atoms with Crippen molar-refractivity contribution >= 4 is 40.3 Å². The van der Waals surface area contributed by atoms with Crippen LogP contribution in [0.1, 0.15) is 5.56 Å². The van der Waals surface area contributed by atoms with Gasteiger partial charge in [-0.1, -0.05) is 24.0 Å². The van der Waals surface area contributed by atoms with Gasteiger partial charge in [-0.3, -0.25) is 4.79 Å². The normalized spacial score (nSPS) is 18.9. The van der Waals surface area contributed by atoms with Crippen LogP contribution in [0, 0.1) is 0 Å². The second kappa shape index (κ2) is 4.75. The fourth-order valence-corrected chi connectivity index (χ4v) is 2.83. The van der Waals surface area contributed by atoms with Gasteiger partial charge in [-0.2, -0.15) is 0 Å². The molecule has 0 unspecified atom stereocenters. The summed E-state index contributed by atoms with van der Waals surface area (Å²) in [4.78, 5) is 12.2. The number of thiocarbonyl (C=S) groups is 1. The SMILES string of the molecule is COc1cc2c(cc1C=C1SC(=S)NC1=O)OCO2. The number of carbonyl (C=O) groups is 1. The number of fused-ring (bicyclic) bond motifs is 1. The third kappa shape index (κ3) is 2.26. The van der Waals surface area contributed by atoms with Gasteiger partial charge in [0.2, 0.25) is 6.79 Å². The monoisotopic (exact) mass is 295 g/mol. The van der Waals surface area contributed by atoms with Gasteiger partial charge in [0.05, 0.1) is 12.0 Å². The zero-order valence-electron chi connectivity index (χ0n) is 9.89. The first-order valence-electron chi connectivity index (χ1n) is 5.40. The van der Waals surface area contributed by atoms with Crippen LogP contribution in [-0.4, -0.2) is 24.1 Å². The highest BCUT2D eigenvalue weighted by atomic mass is 32.2. The highest BCUT2D eigenvalue weighted by molar-refractivity contribution is 8.26. The van der Waals surface area contributed by atoms with Crippen molar-refractivity contribution in [1.29, 1.82) is 0 Å².